The molecule has 0 bridgehead atoms. The minimum Gasteiger partial charge on any atom is -0.361 e. The van der Waals surface area contributed by atoms with Crippen molar-refractivity contribution in [2.75, 3.05) is 0 Å². The average Bonchev–Trinajstić information content (AvgIpc) is 2.82. The Labute approximate surface area is 107 Å². The topological polar surface area (TPSA) is 44.9 Å². The highest BCUT2D eigenvalue weighted by molar-refractivity contribution is 5.98. The van der Waals surface area contributed by atoms with E-state index in [1.165, 1.54) is 0 Å². The highest BCUT2D eigenvalue weighted by Crippen LogP contribution is 2.14. The maximum atomic E-state index is 12.1. The van der Waals surface area contributed by atoms with Crippen molar-refractivity contribution in [3.8, 4) is 12.3 Å². The summed E-state index contributed by atoms with van der Waals surface area (Å²) in [4.78, 5) is 15.2. The largest absolute Gasteiger partial charge is 0.361 e. The second kappa shape index (κ2) is 4.97. The number of aromatic nitrogens is 1. The number of rotatable bonds is 3. The number of aromatic amines is 1. The predicted molar refractivity (Wildman–Crippen MR) is 73.2 cm³/mol. The van der Waals surface area contributed by atoms with Crippen LogP contribution < -0.4 is 5.32 Å². The van der Waals surface area contributed by atoms with Gasteiger partial charge in [-0.05, 0) is 30.2 Å². The molecular formula is C15H16N2O. The van der Waals surface area contributed by atoms with Gasteiger partial charge >= 0.3 is 0 Å². The third-order valence-electron chi connectivity index (χ3n) is 2.95. The summed E-state index contributed by atoms with van der Waals surface area (Å²) in [5, 5.41) is 3.87. The zero-order valence-electron chi connectivity index (χ0n) is 10.5. The Bertz CT molecular complexity index is 604. The van der Waals surface area contributed by atoms with Crippen LogP contribution in [0.15, 0.2) is 30.5 Å². The molecule has 2 aromatic rings. The van der Waals surface area contributed by atoms with E-state index in [9.17, 15) is 4.79 Å². The minimum atomic E-state index is -0.237. The molecule has 18 heavy (non-hydrogen) atoms. The maximum Gasteiger partial charge on any atom is 0.252 e. The van der Waals surface area contributed by atoms with Gasteiger partial charge in [0.25, 0.3) is 5.91 Å². The van der Waals surface area contributed by atoms with Crippen molar-refractivity contribution < 1.29 is 4.79 Å². The van der Waals surface area contributed by atoms with Crippen molar-refractivity contribution >= 4 is 16.8 Å². The highest BCUT2D eigenvalue weighted by Gasteiger charge is 2.14. The van der Waals surface area contributed by atoms with E-state index in [4.69, 9.17) is 6.42 Å². The lowest BCUT2D eigenvalue weighted by Crippen LogP contribution is -2.37. The van der Waals surface area contributed by atoms with Crippen LogP contribution >= 0.6 is 0 Å². The molecule has 1 atom stereocenters. The Morgan fingerprint density at radius 3 is 2.83 bits per heavy atom. The molecule has 2 N–H and O–H groups in total. The van der Waals surface area contributed by atoms with Gasteiger partial charge in [-0.15, -0.1) is 6.42 Å². The Morgan fingerprint density at radius 2 is 2.17 bits per heavy atom. The number of carbonyl (C=O) groups excluding carboxylic acids is 1. The van der Waals surface area contributed by atoms with E-state index in [2.05, 4.69) is 16.2 Å². The fourth-order valence-corrected chi connectivity index (χ4v) is 1.82. The summed E-state index contributed by atoms with van der Waals surface area (Å²) in [7, 11) is 0. The standard InChI is InChI=1S/C15H16N2O/c1-4-13(10(2)3)17-15(18)12-5-6-14-11(9-12)7-8-16-14/h1,5-10,13,16H,2-3H3,(H,17,18). The van der Waals surface area contributed by atoms with Crippen molar-refractivity contribution in [3.05, 3.63) is 36.0 Å². The summed E-state index contributed by atoms with van der Waals surface area (Å²) >= 11 is 0. The van der Waals surface area contributed by atoms with Gasteiger partial charge in [0.15, 0.2) is 0 Å². The summed E-state index contributed by atoms with van der Waals surface area (Å²) in [5.41, 5.74) is 1.65. The summed E-state index contributed by atoms with van der Waals surface area (Å²) in [5.74, 6) is 2.68. The lowest BCUT2D eigenvalue weighted by atomic mass is 10.0. The zero-order chi connectivity index (χ0) is 13.1. The lowest BCUT2D eigenvalue weighted by molar-refractivity contribution is 0.0938. The molecule has 1 aromatic heterocycles. The Balaban J connectivity index is 2.20. The first-order valence-electron chi connectivity index (χ1n) is 5.96. The third-order valence-corrected chi connectivity index (χ3v) is 2.95. The molecule has 0 aliphatic heterocycles. The smallest absolute Gasteiger partial charge is 0.252 e. The number of nitrogens with one attached hydrogen (secondary N) is 2. The number of fused-ring (bicyclic) bond motifs is 1. The molecule has 3 heteroatoms. The Kier molecular flexibility index (Phi) is 3.38. The van der Waals surface area contributed by atoms with Gasteiger partial charge < -0.3 is 10.3 Å². The van der Waals surface area contributed by atoms with Crippen molar-refractivity contribution in [1.82, 2.24) is 10.3 Å². The number of benzene rings is 1. The van der Waals surface area contributed by atoms with E-state index < -0.39 is 0 Å². The molecule has 1 amide bonds. The Hall–Kier alpha value is -2.21. The lowest BCUT2D eigenvalue weighted by Gasteiger charge is -2.16. The summed E-state index contributed by atoms with van der Waals surface area (Å²) in [6.07, 6.45) is 7.26. The normalized spacial score (nSPS) is 12.3. The van der Waals surface area contributed by atoms with Crippen LogP contribution in [0.5, 0.6) is 0 Å². The fraction of sp³-hybridized carbons (Fsp3) is 0.267. The van der Waals surface area contributed by atoms with Gasteiger partial charge in [0.2, 0.25) is 0 Å². The van der Waals surface area contributed by atoms with Gasteiger partial charge in [0, 0.05) is 22.7 Å². The van der Waals surface area contributed by atoms with Gasteiger partial charge in [-0.2, -0.15) is 0 Å². The van der Waals surface area contributed by atoms with Crippen LogP contribution in [0.25, 0.3) is 10.9 Å². The van der Waals surface area contributed by atoms with Crippen molar-refractivity contribution in [2.45, 2.75) is 19.9 Å². The molecule has 1 unspecified atom stereocenters. The van der Waals surface area contributed by atoms with Crippen molar-refractivity contribution in [2.24, 2.45) is 5.92 Å². The first-order valence-corrected chi connectivity index (χ1v) is 5.96. The van der Waals surface area contributed by atoms with Gasteiger partial charge in [0.05, 0.1) is 6.04 Å². The summed E-state index contributed by atoms with van der Waals surface area (Å²) in [6.45, 7) is 3.97. The van der Waals surface area contributed by atoms with Gasteiger partial charge in [-0.3, -0.25) is 4.79 Å². The molecule has 2 rings (SSSR count). The van der Waals surface area contributed by atoms with Gasteiger partial charge in [-0.1, -0.05) is 19.8 Å². The molecule has 0 aliphatic carbocycles. The first kappa shape index (κ1) is 12.3. The zero-order valence-corrected chi connectivity index (χ0v) is 10.5. The molecule has 0 saturated carbocycles. The SMILES string of the molecule is C#CC(NC(=O)c1ccc2[nH]ccc2c1)C(C)C. The second-order valence-electron chi connectivity index (χ2n) is 4.64. The van der Waals surface area contributed by atoms with Crippen LogP contribution in [0.2, 0.25) is 0 Å². The molecule has 0 radical (unpaired) electrons. The molecule has 0 spiro atoms. The van der Waals surface area contributed by atoms with Gasteiger partial charge in [0.1, 0.15) is 0 Å². The first-order chi connectivity index (χ1) is 8.61. The number of carbonyl (C=O) groups is 1. The predicted octanol–water partition coefficient (Wildman–Crippen LogP) is 2.56. The van der Waals surface area contributed by atoms with Crippen molar-refractivity contribution in [3.63, 3.8) is 0 Å². The van der Waals surface area contributed by atoms with Crippen LogP contribution in [-0.4, -0.2) is 16.9 Å². The number of amides is 1. The van der Waals surface area contributed by atoms with E-state index in [0.29, 0.717) is 5.56 Å². The number of hydrogen-bond donors (Lipinski definition) is 2. The van der Waals surface area contributed by atoms with Crippen molar-refractivity contribution in [1.29, 1.82) is 0 Å². The average molecular weight is 240 g/mol. The number of H-pyrrole nitrogens is 1. The molecule has 0 aliphatic rings. The summed E-state index contributed by atoms with van der Waals surface area (Å²) in [6, 6.07) is 7.24. The molecule has 1 heterocycles. The quantitative estimate of drug-likeness (QED) is 0.796. The molecular weight excluding hydrogens is 224 g/mol. The van der Waals surface area contributed by atoms with E-state index >= 15 is 0 Å². The monoisotopic (exact) mass is 240 g/mol. The second-order valence-corrected chi connectivity index (χ2v) is 4.64. The minimum absolute atomic E-state index is 0.130. The molecule has 0 fully saturated rings. The van der Waals surface area contributed by atoms with Crippen LogP contribution in [0.3, 0.4) is 0 Å². The van der Waals surface area contributed by atoms with Crippen LogP contribution in [0.4, 0.5) is 0 Å². The molecule has 3 nitrogen and oxygen atoms in total. The highest BCUT2D eigenvalue weighted by atomic mass is 16.1. The van der Waals surface area contributed by atoms with Gasteiger partial charge in [-0.25, -0.2) is 0 Å². The molecule has 92 valence electrons. The maximum absolute atomic E-state index is 12.1. The number of terminal acetylenes is 1. The third kappa shape index (κ3) is 2.38. The number of hydrogen-bond acceptors (Lipinski definition) is 1. The van der Waals surface area contributed by atoms with E-state index in [-0.39, 0.29) is 17.9 Å². The van der Waals surface area contributed by atoms with Crippen LogP contribution in [-0.2, 0) is 0 Å². The van der Waals surface area contributed by atoms with Crippen LogP contribution in [0.1, 0.15) is 24.2 Å². The molecule has 1 aromatic carbocycles. The Morgan fingerprint density at radius 1 is 1.39 bits per heavy atom. The van der Waals surface area contributed by atoms with E-state index in [0.717, 1.165) is 10.9 Å². The van der Waals surface area contributed by atoms with E-state index in [1.54, 1.807) is 6.07 Å². The summed E-state index contributed by atoms with van der Waals surface area (Å²) < 4.78 is 0. The fourth-order valence-electron chi connectivity index (χ4n) is 1.82. The van der Waals surface area contributed by atoms with E-state index in [1.807, 2.05) is 38.2 Å². The molecule has 0 saturated heterocycles. The van der Waals surface area contributed by atoms with Crippen LogP contribution in [0, 0.1) is 18.3 Å².